The molecule has 0 bridgehead atoms. The zero-order chi connectivity index (χ0) is 9.84. The van der Waals surface area contributed by atoms with E-state index in [1.807, 2.05) is 17.5 Å². The maximum absolute atomic E-state index is 8.64. The average molecular weight is 214 g/mol. The molecule has 0 saturated heterocycles. The molecular formula is C9H8ClNOS. The standard InChI is InChI=1S/C9H8ClNOS/c1-6(5-11)8(10)9-7(12-2)3-4-13-9/h3-4H,1-2H3/b8-6+. The number of allylic oxidation sites excluding steroid dienone is 1. The predicted molar refractivity (Wildman–Crippen MR) is 54.9 cm³/mol. The van der Waals surface area contributed by atoms with Crippen LogP contribution in [0.2, 0.25) is 0 Å². The molecule has 0 aliphatic carbocycles. The first-order valence-corrected chi connectivity index (χ1v) is 4.84. The van der Waals surface area contributed by atoms with E-state index >= 15 is 0 Å². The fourth-order valence-corrected chi connectivity index (χ4v) is 1.96. The van der Waals surface area contributed by atoms with Gasteiger partial charge in [-0.1, -0.05) is 11.6 Å². The highest BCUT2D eigenvalue weighted by molar-refractivity contribution is 7.12. The number of halogens is 1. The quantitative estimate of drug-likeness (QED) is 0.707. The normalized spacial score (nSPS) is 11.8. The highest BCUT2D eigenvalue weighted by Gasteiger charge is 2.10. The van der Waals surface area contributed by atoms with E-state index in [1.165, 1.54) is 11.3 Å². The summed E-state index contributed by atoms with van der Waals surface area (Å²) in [5.74, 6) is 0.713. The highest BCUT2D eigenvalue weighted by Crippen LogP contribution is 2.35. The van der Waals surface area contributed by atoms with Crippen molar-refractivity contribution in [1.82, 2.24) is 0 Å². The first kappa shape index (κ1) is 10.1. The van der Waals surface area contributed by atoms with Crippen LogP contribution in [0.15, 0.2) is 17.0 Å². The van der Waals surface area contributed by atoms with Gasteiger partial charge in [-0.3, -0.25) is 0 Å². The Morgan fingerprint density at radius 3 is 2.92 bits per heavy atom. The molecule has 1 heterocycles. The molecule has 0 aliphatic heterocycles. The monoisotopic (exact) mass is 213 g/mol. The molecular weight excluding hydrogens is 206 g/mol. The highest BCUT2D eigenvalue weighted by atomic mass is 35.5. The third-order valence-electron chi connectivity index (χ3n) is 1.55. The van der Waals surface area contributed by atoms with Crippen LogP contribution in [0.4, 0.5) is 0 Å². The summed E-state index contributed by atoms with van der Waals surface area (Å²) in [6.45, 7) is 1.68. The van der Waals surface area contributed by atoms with Gasteiger partial charge < -0.3 is 4.74 Å². The third kappa shape index (κ3) is 2.03. The van der Waals surface area contributed by atoms with Crippen molar-refractivity contribution >= 4 is 28.0 Å². The lowest BCUT2D eigenvalue weighted by atomic mass is 10.2. The number of nitrogens with zero attached hydrogens (tertiary/aromatic N) is 1. The van der Waals surface area contributed by atoms with Gasteiger partial charge in [-0.05, 0) is 18.4 Å². The molecule has 0 saturated carbocycles. The predicted octanol–water partition coefficient (Wildman–Crippen LogP) is 3.25. The molecule has 0 atom stereocenters. The number of rotatable bonds is 2. The summed E-state index contributed by atoms with van der Waals surface area (Å²) in [5.41, 5.74) is 0.502. The van der Waals surface area contributed by atoms with Gasteiger partial charge in [-0.25, -0.2) is 0 Å². The summed E-state index contributed by atoms with van der Waals surface area (Å²) in [7, 11) is 1.58. The Kier molecular flexibility index (Phi) is 3.35. The van der Waals surface area contributed by atoms with Crippen LogP contribution in [-0.2, 0) is 0 Å². The van der Waals surface area contributed by atoms with Gasteiger partial charge in [0.2, 0.25) is 0 Å². The molecule has 0 spiro atoms. The van der Waals surface area contributed by atoms with Crippen LogP contribution in [0.5, 0.6) is 5.75 Å². The minimum absolute atomic E-state index is 0.467. The molecule has 68 valence electrons. The molecule has 0 aliphatic rings. The third-order valence-corrected chi connectivity index (χ3v) is 3.04. The molecule has 0 fully saturated rings. The van der Waals surface area contributed by atoms with Crippen molar-refractivity contribution in [3.05, 3.63) is 21.9 Å². The van der Waals surface area contributed by atoms with E-state index in [4.69, 9.17) is 21.6 Å². The second-order valence-electron chi connectivity index (χ2n) is 2.37. The lowest BCUT2D eigenvalue weighted by Crippen LogP contribution is -1.84. The van der Waals surface area contributed by atoms with Gasteiger partial charge in [-0.2, -0.15) is 5.26 Å². The fraction of sp³-hybridized carbons (Fsp3) is 0.222. The van der Waals surface area contributed by atoms with Crippen LogP contribution in [0.3, 0.4) is 0 Å². The Morgan fingerprint density at radius 1 is 1.69 bits per heavy atom. The van der Waals surface area contributed by atoms with E-state index in [9.17, 15) is 0 Å². The number of thiophene rings is 1. The number of methoxy groups -OCH3 is 1. The molecule has 4 heteroatoms. The smallest absolute Gasteiger partial charge is 0.138 e. The molecule has 0 N–H and O–H groups in total. The van der Waals surface area contributed by atoms with Crippen LogP contribution in [0.1, 0.15) is 11.8 Å². The average Bonchev–Trinajstić information content (AvgIpc) is 2.62. The number of nitriles is 1. The number of hydrogen-bond donors (Lipinski definition) is 0. The van der Waals surface area contributed by atoms with E-state index in [1.54, 1.807) is 14.0 Å². The Morgan fingerprint density at radius 2 is 2.38 bits per heavy atom. The summed E-state index contributed by atoms with van der Waals surface area (Å²) in [5, 5.41) is 11.0. The van der Waals surface area contributed by atoms with Crippen molar-refractivity contribution in [2.75, 3.05) is 7.11 Å². The van der Waals surface area contributed by atoms with Crippen molar-refractivity contribution in [1.29, 1.82) is 5.26 Å². The molecule has 0 amide bonds. The van der Waals surface area contributed by atoms with Gasteiger partial charge in [0.1, 0.15) is 5.75 Å². The van der Waals surface area contributed by atoms with Crippen molar-refractivity contribution < 1.29 is 4.74 Å². The number of ether oxygens (including phenoxy) is 1. The second-order valence-corrected chi connectivity index (χ2v) is 3.66. The summed E-state index contributed by atoms with van der Waals surface area (Å²) < 4.78 is 5.08. The zero-order valence-electron chi connectivity index (χ0n) is 7.30. The summed E-state index contributed by atoms with van der Waals surface area (Å²) in [4.78, 5) is 0.809. The largest absolute Gasteiger partial charge is 0.495 e. The lowest BCUT2D eigenvalue weighted by molar-refractivity contribution is 0.416. The van der Waals surface area contributed by atoms with Gasteiger partial charge in [-0.15, -0.1) is 11.3 Å². The van der Waals surface area contributed by atoms with Crippen LogP contribution >= 0.6 is 22.9 Å². The van der Waals surface area contributed by atoms with Crippen LogP contribution in [0.25, 0.3) is 5.03 Å². The molecule has 1 rings (SSSR count). The minimum Gasteiger partial charge on any atom is -0.495 e. The van der Waals surface area contributed by atoms with Crippen LogP contribution < -0.4 is 4.74 Å². The van der Waals surface area contributed by atoms with Gasteiger partial charge in [0.05, 0.1) is 23.1 Å². The Hall–Kier alpha value is -0.980. The van der Waals surface area contributed by atoms with Gasteiger partial charge in [0.15, 0.2) is 0 Å². The Balaban J connectivity index is 3.17. The van der Waals surface area contributed by atoms with E-state index in [-0.39, 0.29) is 0 Å². The first-order chi connectivity index (χ1) is 6.20. The van der Waals surface area contributed by atoms with Gasteiger partial charge in [0, 0.05) is 5.57 Å². The topological polar surface area (TPSA) is 33.0 Å². The molecule has 13 heavy (non-hydrogen) atoms. The van der Waals surface area contributed by atoms with Crippen molar-refractivity contribution in [3.8, 4) is 11.8 Å². The van der Waals surface area contributed by atoms with Gasteiger partial charge in [0.25, 0.3) is 0 Å². The van der Waals surface area contributed by atoms with Crippen molar-refractivity contribution in [2.24, 2.45) is 0 Å². The molecule has 1 aromatic rings. The lowest BCUT2D eigenvalue weighted by Gasteiger charge is -2.00. The minimum atomic E-state index is 0.467. The van der Waals surface area contributed by atoms with Crippen LogP contribution in [-0.4, -0.2) is 7.11 Å². The maximum atomic E-state index is 8.64. The van der Waals surface area contributed by atoms with E-state index < -0.39 is 0 Å². The Bertz CT molecular complexity index is 375. The van der Waals surface area contributed by atoms with E-state index in [2.05, 4.69) is 0 Å². The summed E-state index contributed by atoms with van der Waals surface area (Å²) >= 11 is 7.43. The van der Waals surface area contributed by atoms with Crippen molar-refractivity contribution in [2.45, 2.75) is 6.92 Å². The SMILES string of the molecule is COc1ccsc1/C(Cl)=C(/C)C#N. The number of hydrogen-bond acceptors (Lipinski definition) is 3. The van der Waals surface area contributed by atoms with Crippen LogP contribution in [0, 0.1) is 11.3 Å². The van der Waals surface area contributed by atoms with Crippen molar-refractivity contribution in [3.63, 3.8) is 0 Å². The van der Waals surface area contributed by atoms with Gasteiger partial charge >= 0.3 is 0 Å². The maximum Gasteiger partial charge on any atom is 0.138 e. The summed E-state index contributed by atoms with van der Waals surface area (Å²) in [6, 6.07) is 3.83. The zero-order valence-corrected chi connectivity index (χ0v) is 8.87. The fourth-order valence-electron chi connectivity index (χ4n) is 0.838. The summed E-state index contributed by atoms with van der Waals surface area (Å²) in [6.07, 6.45) is 0. The molecule has 2 nitrogen and oxygen atoms in total. The molecule has 0 aromatic carbocycles. The second kappa shape index (κ2) is 4.31. The van der Waals surface area contributed by atoms with E-state index in [0.717, 1.165) is 4.88 Å². The molecule has 0 unspecified atom stereocenters. The molecule has 0 radical (unpaired) electrons. The first-order valence-electron chi connectivity index (χ1n) is 3.59. The Labute approximate surface area is 86.0 Å². The van der Waals surface area contributed by atoms with E-state index in [0.29, 0.717) is 16.4 Å². The molecule has 1 aromatic heterocycles.